The minimum absolute atomic E-state index is 0.0489. The lowest BCUT2D eigenvalue weighted by molar-refractivity contribution is 0.319. The van der Waals surface area contributed by atoms with Crippen molar-refractivity contribution in [2.75, 3.05) is 0 Å². The monoisotopic (exact) mass is 263 g/mol. The summed E-state index contributed by atoms with van der Waals surface area (Å²) in [4.78, 5) is 0. The van der Waals surface area contributed by atoms with Gasteiger partial charge in [0.15, 0.2) is 5.17 Å². The van der Waals surface area contributed by atoms with Gasteiger partial charge in [0.05, 0.1) is 5.92 Å². The third-order valence-electron chi connectivity index (χ3n) is 2.67. The van der Waals surface area contributed by atoms with Crippen LogP contribution in [0.3, 0.4) is 0 Å². The summed E-state index contributed by atoms with van der Waals surface area (Å²) in [5.74, 6) is -0.707. The molecule has 4 heteroatoms. The Morgan fingerprint density at radius 1 is 1.00 bits per heavy atom. The summed E-state index contributed by atoms with van der Waals surface area (Å²) in [6.45, 7) is 0. The zero-order valence-corrected chi connectivity index (χ0v) is 10.2. The zero-order valence-electron chi connectivity index (χ0n) is 9.42. The third kappa shape index (κ3) is 2.68. The second-order valence-corrected chi connectivity index (χ2v) is 4.21. The molecule has 0 aliphatic carbocycles. The Balaban J connectivity index is 2.47. The highest BCUT2D eigenvalue weighted by molar-refractivity contribution is 6.66. The molecule has 0 saturated heterocycles. The SMILES string of the molecule is ON=C(Cl)C(c1ccccc1)c1ccc(F)cc1. The topological polar surface area (TPSA) is 32.6 Å². The number of oxime groups is 1. The summed E-state index contributed by atoms with van der Waals surface area (Å²) in [6.07, 6.45) is 0. The van der Waals surface area contributed by atoms with Crippen LogP contribution in [0.25, 0.3) is 0 Å². The van der Waals surface area contributed by atoms with Crippen molar-refractivity contribution in [3.8, 4) is 0 Å². The van der Waals surface area contributed by atoms with Crippen molar-refractivity contribution in [2.45, 2.75) is 5.92 Å². The molecule has 0 radical (unpaired) electrons. The van der Waals surface area contributed by atoms with Gasteiger partial charge in [-0.1, -0.05) is 59.2 Å². The molecule has 0 aliphatic heterocycles. The van der Waals surface area contributed by atoms with Crippen molar-refractivity contribution >= 4 is 16.8 Å². The molecule has 0 aromatic heterocycles. The summed E-state index contributed by atoms with van der Waals surface area (Å²) in [7, 11) is 0. The van der Waals surface area contributed by atoms with E-state index < -0.39 is 5.92 Å². The molecule has 0 amide bonds. The maximum absolute atomic E-state index is 12.9. The average molecular weight is 264 g/mol. The van der Waals surface area contributed by atoms with Crippen LogP contribution in [0.4, 0.5) is 4.39 Å². The fourth-order valence-corrected chi connectivity index (χ4v) is 2.08. The Hall–Kier alpha value is -1.87. The number of hydrogen-bond donors (Lipinski definition) is 1. The molecule has 92 valence electrons. The van der Waals surface area contributed by atoms with Gasteiger partial charge in [0.2, 0.25) is 0 Å². The van der Waals surface area contributed by atoms with Gasteiger partial charge in [0, 0.05) is 0 Å². The second-order valence-electron chi connectivity index (χ2n) is 3.82. The van der Waals surface area contributed by atoms with Crippen LogP contribution in [-0.4, -0.2) is 10.4 Å². The van der Waals surface area contributed by atoms with Gasteiger partial charge in [0.1, 0.15) is 5.82 Å². The fraction of sp³-hybridized carbons (Fsp3) is 0.0714. The van der Waals surface area contributed by atoms with Crippen LogP contribution in [0.2, 0.25) is 0 Å². The quantitative estimate of drug-likeness (QED) is 0.507. The maximum atomic E-state index is 12.9. The molecule has 0 aliphatic rings. The van der Waals surface area contributed by atoms with Crippen LogP contribution in [-0.2, 0) is 0 Å². The van der Waals surface area contributed by atoms with E-state index in [1.54, 1.807) is 12.1 Å². The van der Waals surface area contributed by atoms with E-state index in [0.717, 1.165) is 11.1 Å². The molecule has 0 bridgehead atoms. The van der Waals surface area contributed by atoms with Gasteiger partial charge >= 0.3 is 0 Å². The third-order valence-corrected chi connectivity index (χ3v) is 2.96. The Labute approximate surface area is 109 Å². The number of halogens is 2. The van der Waals surface area contributed by atoms with Crippen LogP contribution in [0.5, 0.6) is 0 Å². The molecule has 0 fully saturated rings. The van der Waals surface area contributed by atoms with Gasteiger partial charge < -0.3 is 5.21 Å². The van der Waals surface area contributed by atoms with E-state index in [-0.39, 0.29) is 11.0 Å². The second kappa shape index (κ2) is 5.65. The Morgan fingerprint density at radius 3 is 2.11 bits per heavy atom. The molecule has 2 rings (SSSR count). The first-order chi connectivity index (χ1) is 8.72. The summed E-state index contributed by atoms with van der Waals surface area (Å²) in [5.41, 5.74) is 1.65. The molecular formula is C14H11ClFNO. The van der Waals surface area contributed by atoms with Crippen molar-refractivity contribution in [3.63, 3.8) is 0 Å². The summed E-state index contributed by atoms with van der Waals surface area (Å²) in [5, 5.41) is 12.0. The minimum atomic E-state index is -0.390. The fourth-order valence-electron chi connectivity index (χ4n) is 1.83. The van der Waals surface area contributed by atoms with E-state index in [1.807, 2.05) is 30.3 Å². The summed E-state index contributed by atoms with van der Waals surface area (Å²) >= 11 is 5.95. The first-order valence-corrected chi connectivity index (χ1v) is 5.78. The van der Waals surface area contributed by atoms with Gasteiger partial charge in [-0.2, -0.15) is 0 Å². The van der Waals surface area contributed by atoms with Crippen molar-refractivity contribution in [1.82, 2.24) is 0 Å². The molecule has 0 saturated carbocycles. The van der Waals surface area contributed by atoms with Gasteiger partial charge in [-0.25, -0.2) is 4.39 Å². The minimum Gasteiger partial charge on any atom is -0.410 e. The first-order valence-electron chi connectivity index (χ1n) is 5.40. The highest BCUT2D eigenvalue weighted by atomic mass is 35.5. The van der Waals surface area contributed by atoms with Crippen LogP contribution in [0, 0.1) is 5.82 Å². The number of benzene rings is 2. The van der Waals surface area contributed by atoms with Gasteiger partial charge in [-0.3, -0.25) is 0 Å². The Kier molecular flexibility index (Phi) is 3.95. The van der Waals surface area contributed by atoms with E-state index in [2.05, 4.69) is 5.16 Å². The van der Waals surface area contributed by atoms with Gasteiger partial charge in [-0.05, 0) is 23.3 Å². The number of rotatable bonds is 3. The molecule has 2 aromatic rings. The standard InChI is InChI=1S/C14H11ClFNO/c15-14(17-18)13(10-4-2-1-3-5-10)11-6-8-12(16)9-7-11/h1-9,13,18H. The van der Waals surface area contributed by atoms with Crippen molar-refractivity contribution in [2.24, 2.45) is 5.16 Å². The Bertz CT molecular complexity index is 539. The molecule has 1 atom stereocenters. The number of hydrogen-bond acceptors (Lipinski definition) is 2. The normalized spacial score (nSPS) is 13.3. The molecule has 1 unspecified atom stereocenters. The molecule has 2 nitrogen and oxygen atoms in total. The largest absolute Gasteiger partial charge is 0.410 e. The first kappa shape index (κ1) is 12.6. The zero-order chi connectivity index (χ0) is 13.0. The lowest BCUT2D eigenvalue weighted by atomic mass is 9.92. The molecule has 1 N–H and O–H groups in total. The van der Waals surface area contributed by atoms with Crippen molar-refractivity contribution in [1.29, 1.82) is 0 Å². The molecule has 0 spiro atoms. The van der Waals surface area contributed by atoms with Crippen LogP contribution in [0.1, 0.15) is 17.0 Å². The molecular weight excluding hydrogens is 253 g/mol. The summed E-state index contributed by atoms with van der Waals surface area (Å²) in [6, 6.07) is 15.3. The van der Waals surface area contributed by atoms with E-state index in [0.29, 0.717) is 0 Å². The van der Waals surface area contributed by atoms with Crippen molar-refractivity contribution in [3.05, 3.63) is 71.5 Å². The average Bonchev–Trinajstić information content (AvgIpc) is 2.42. The van der Waals surface area contributed by atoms with E-state index >= 15 is 0 Å². The molecule has 18 heavy (non-hydrogen) atoms. The maximum Gasteiger partial charge on any atom is 0.157 e. The van der Waals surface area contributed by atoms with Crippen LogP contribution < -0.4 is 0 Å². The van der Waals surface area contributed by atoms with Gasteiger partial charge in [0.25, 0.3) is 0 Å². The van der Waals surface area contributed by atoms with E-state index in [9.17, 15) is 4.39 Å². The smallest absolute Gasteiger partial charge is 0.157 e. The lowest BCUT2D eigenvalue weighted by Crippen LogP contribution is -2.09. The van der Waals surface area contributed by atoms with E-state index in [1.165, 1.54) is 12.1 Å². The highest BCUT2D eigenvalue weighted by Crippen LogP contribution is 2.27. The predicted molar refractivity (Wildman–Crippen MR) is 69.8 cm³/mol. The predicted octanol–water partition coefficient (Wildman–Crippen LogP) is 3.98. The molecule has 0 heterocycles. The summed E-state index contributed by atoms with van der Waals surface area (Å²) < 4.78 is 12.9. The Morgan fingerprint density at radius 2 is 1.56 bits per heavy atom. The van der Waals surface area contributed by atoms with E-state index in [4.69, 9.17) is 16.8 Å². The van der Waals surface area contributed by atoms with Crippen LogP contribution in [0.15, 0.2) is 59.8 Å². The van der Waals surface area contributed by atoms with Gasteiger partial charge in [-0.15, -0.1) is 0 Å². The highest BCUT2D eigenvalue weighted by Gasteiger charge is 2.19. The lowest BCUT2D eigenvalue weighted by Gasteiger charge is -2.15. The number of nitrogens with zero attached hydrogens (tertiary/aromatic N) is 1. The van der Waals surface area contributed by atoms with Crippen molar-refractivity contribution < 1.29 is 9.60 Å². The van der Waals surface area contributed by atoms with Crippen LogP contribution >= 0.6 is 11.6 Å². The molecule has 2 aromatic carbocycles.